The van der Waals surface area contributed by atoms with Crippen LogP contribution in [0.3, 0.4) is 0 Å². The fraction of sp³-hybridized carbons (Fsp3) is 0.667. The van der Waals surface area contributed by atoms with Gasteiger partial charge in [0.2, 0.25) is 0 Å². The average Bonchev–Trinajstić information content (AvgIpc) is 3.25. The third-order valence-corrected chi connectivity index (χ3v) is 13.0. The van der Waals surface area contributed by atoms with Gasteiger partial charge in [-0.1, -0.05) is 115 Å². The van der Waals surface area contributed by atoms with Gasteiger partial charge >= 0.3 is 11.9 Å². The fourth-order valence-corrected chi connectivity index (χ4v) is 8.75. The Kier molecular flexibility index (Phi) is 25.3. The van der Waals surface area contributed by atoms with Gasteiger partial charge in [0.15, 0.2) is 6.29 Å². The summed E-state index contributed by atoms with van der Waals surface area (Å²) in [6.45, 7) is 8.43. The van der Waals surface area contributed by atoms with E-state index in [1.807, 2.05) is 49.5 Å². The standard InChI is InChI=1S/C48H76NO16P/c1-27-18-16-14-12-10-8-6-7-9-11-13-15-17-19-35(64-48-46(59)42(49-66)45(58)31(5)63-48)26-38-41(47(60)61)29(3)44(57)39(65-38)24-34(52)23-37(54)36(53)21-20-32(50)22-33(51)25-40(55)62-30(4)28(2)43(27)56/h6-19,27-39,41-46,48-54,56-59H,20-26,66H2,1-5H3,(H,60,61)/b7-6+,10-8+,11-9+,14-12+,15-13+,18-16+,19-17+/t27-,28-,29+,30-,31+,32+,33+,34-,35-,36+,37+,38-,39?,41+,42-,43+,44-,45+,46-,48?/m0/s1. The molecule has 3 rings (SSSR count). The predicted molar refractivity (Wildman–Crippen MR) is 249 cm³/mol. The molecule has 0 aliphatic carbocycles. The number of ether oxygens (including phenoxy) is 4. The molecule has 21 atom stereocenters. The van der Waals surface area contributed by atoms with Gasteiger partial charge in [-0.15, -0.1) is 0 Å². The van der Waals surface area contributed by atoms with Crippen molar-refractivity contribution in [2.45, 2.75) is 177 Å². The third kappa shape index (κ3) is 18.5. The van der Waals surface area contributed by atoms with Crippen LogP contribution >= 0.6 is 9.39 Å². The van der Waals surface area contributed by atoms with Gasteiger partial charge in [0, 0.05) is 37.0 Å². The number of aliphatic hydroxyl groups excluding tert-OH is 9. The molecular formula is C48H76NO16P. The fourth-order valence-electron chi connectivity index (χ4n) is 8.35. The van der Waals surface area contributed by atoms with Crippen molar-refractivity contribution in [3.05, 3.63) is 85.1 Å². The monoisotopic (exact) mass is 953 g/mol. The number of allylic oxidation sites excluding steroid dienone is 12. The van der Waals surface area contributed by atoms with Gasteiger partial charge in [-0.3, -0.25) is 14.7 Å². The first kappa shape index (κ1) is 57.3. The van der Waals surface area contributed by atoms with Crippen LogP contribution in [0.1, 0.15) is 79.6 Å². The minimum Gasteiger partial charge on any atom is -0.481 e. The number of carboxylic acids is 1. The largest absolute Gasteiger partial charge is 0.481 e. The summed E-state index contributed by atoms with van der Waals surface area (Å²) < 4.78 is 23.8. The number of hydrogen-bond donors (Lipinski definition) is 11. The summed E-state index contributed by atoms with van der Waals surface area (Å²) in [5.41, 5.74) is 0. The summed E-state index contributed by atoms with van der Waals surface area (Å²) in [5, 5.41) is 111. The maximum atomic E-state index is 12.7. The van der Waals surface area contributed by atoms with Crippen LogP contribution in [0, 0.1) is 23.7 Å². The van der Waals surface area contributed by atoms with E-state index in [1.54, 1.807) is 70.2 Å². The Bertz CT molecular complexity index is 1670. The Morgan fingerprint density at radius 2 is 1.18 bits per heavy atom. The highest BCUT2D eigenvalue weighted by atomic mass is 31.0. The molecule has 0 aromatic heterocycles. The summed E-state index contributed by atoms with van der Waals surface area (Å²) in [7, 11) is 2.25. The molecule has 17 nitrogen and oxygen atoms in total. The average molecular weight is 954 g/mol. The van der Waals surface area contributed by atoms with Crippen molar-refractivity contribution in [1.29, 1.82) is 0 Å². The molecule has 3 unspecified atom stereocenters. The minimum absolute atomic E-state index is 0.0601. The number of rotatable bonds is 4. The first-order valence-corrected chi connectivity index (χ1v) is 23.5. The maximum absolute atomic E-state index is 12.7. The van der Waals surface area contributed by atoms with Crippen molar-refractivity contribution in [2.24, 2.45) is 23.7 Å². The molecular weight excluding hydrogens is 877 g/mol. The van der Waals surface area contributed by atoms with E-state index in [4.69, 9.17) is 18.9 Å². The SMILES string of the molecule is C[C@@H]1[C@H](O)[C@@H](C)/C=C/C=C/C=C/C=C/C=C/C=C/C=C/[C@H](OC2O[C@H](C)[C@@H](O)[C@H](NP)[C@@H]2O)C[C@@H]2OC(C[C@@H](O)C[C@@H](O)[C@H](O)CC[C@@H](O)C[C@@H](O)CC(=O)O[C@H]1C)[C@@H](O)[C@H](C)[C@H]2C(=O)O. The highest BCUT2D eigenvalue weighted by Crippen LogP contribution is 2.37. The Balaban J connectivity index is 1.87. The number of esters is 1. The van der Waals surface area contributed by atoms with E-state index >= 15 is 0 Å². The maximum Gasteiger partial charge on any atom is 0.309 e. The van der Waals surface area contributed by atoms with Crippen molar-refractivity contribution < 1.29 is 79.6 Å². The number of carbonyl (C=O) groups excluding carboxylic acids is 1. The van der Waals surface area contributed by atoms with E-state index < -0.39 is 134 Å². The van der Waals surface area contributed by atoms with Gasteiger partial charge < -0.3 is 70.0 Å². The molecule has 2 saturated heterocycles. The Hall–Kier alpha value is -2.97. The molecule has 3 aliphatic heterocycles. The summed E-state index contributed by atoms with van der Waals surface area (Å²) in [4.78, 5) is 25.3. The zero-order chi connectivity index (χ0) is 49.1. The van der Waals surface area contributed by atoms with Crippen LogP contribution in [-0.2, 0) is 28.5 Å². The van der Waals surface area contributed by atoms with E-state index in [2.05, 4.69) is 14.5 Å². The number of aliphatic hydroxyl groups is 9. The smallest absolute Gasteiger partial charge is 0.309 e. The third-order valence-electron chi connectivity index (χ3n) is 12.6. The van der Waals surface area contributed by atoms with Crippen LogP contribution in [0.2, 0.25) is 0 Å². The molecule has 11 N–H and O–H groups in total. The lowest BCUT2D eigenvalue weighted by atomic mass is 9.77. The molecule has 3 heterocycles. The molecule has 0 amide bonds. The van der Waals surface area contributed by atoms with E-state index in [-0.39, 0.29) is 44.4 Å². The van der Waals surface area contributed by atoms with Crippen LogP contribution in [0.25, 0.3) is 0 Å². The number of carbonyl (C=O) groups is 2. The molecule has 66 heavy (non-hydrogen) atoms. The zero-order valence-corrected chi connectivity index (χ0v) is 39.7. The molecule has 2 fully saturated rings. The van der Waals surface area contributed by atoms with Crippen molar-refractivity contribution in [3.63, 3.8) is 0 Å². The van der Waals surface area contributed by atoms with Crippen molar-refractivity contribution >= 4 is 21.3 Å². The van der Waals surface area contributed by atoms with Gasteiger partial charge in [0.1, 0.15) is 12.2 Å². The van der Waals surface area contributed by atoms with Gasteiger partial charge in [-0.05, 0) is 33.1 Å². The van der Waals surface area contributed by atoms with Crippen LogP contribution in [0.4, 0.5) is 0 Å². The number of aliphatic carboxylic acids is 1. The van der Waals surface area contributed by atoms with Crippen molar-refractivity contribution in [2.75, 3.05) is 0 Å². The lowest BCUT2D eigenvalue weighted by molar-refractivity contribution is -0.281. The number of hydrogen-bond acceptors (Lipinski definition) is 16. The molecule has 0 radical (unpaired) electrons. The second-order valence-corrected chi connectivity index (χ2v) is 18.2. The molecule has 18 heteroatoms. The van der Waals surface area contributed by atoms with E-state index in [0.717, 1.165) is 0 Å². The highest BCUT2D eigenvalue weighted by molar-refractivity contribution is 7.13. The quantitative estimate of drug-likeness (QED) is 0.142. The zero-order valence-electron chi connectivity index (χ0n) is 38.6. The topological polar surface area (TPSA) is 285 Å². The number of nitrogens with one attached hydrogen (secondary N) is 1. The lowest BCUT2D eigenvalue weighted by Crippen LogP contribution is -2.61. The number of carboxylic acid groups (broad SMARTS) is 1. The minimum atomic E-state index is -1.47. The predicted octanol–water partition coefficient (Wildman–Crippen LogP) is 2.06. The van der Waals surface area contributed by atoms with Crippen LogP contribution in [-0.4, -0.2) is 161 Å². The molecule has 2 bridgehead atoms. The Morgan fingerprint density at radius 1 is 0.606 bits per heavy atom. The van der Waals surface area contributed by atoms with Crippen molar-refractivity contribution in [3.8, 4) is 0 Å². The highest BCUT2D eigenvalue weighted by Gasteiger charge is 2.49. The first-order chi connectivity index (χ1) is 31.2. The second-order valence-electron chi connectivity index (χ2n) is 17.9. The van der Waals surface area contributed by atoms with E-state index in [1.165, 1.54) is 0 Å². The molecule has 0 aromatic rings. The Labute approximate surface area is 391 Å². The van der Waals surface area contributed by atoms with Gasteiger partial charge in [0.05, 0.1) is 91.6 Å². The van der Waals surface area contributed by atoms with E-state index in [9.17, 15) is 60.7 Å². The summed E-state index contributed by atoms with van der Waals surface area (Å²) in [6.07, 6.45) is 6.46. The van der Waals surface area contributed by atoms with Gasteiger partial charge in [-0.2, -0.15) is 0 Å². The Morgan fingerprint density at radius 3 is 1.76 bits per heavy atom. The summed E-state index contributed by atoms with van der Waals surface area (Å²) in [6, 6.07) is -0.836. The molecule has 0 saturated carbocycles. The first-order valence-electron chi connectivity index (χ1n) is 22.9. The number of fused-ring (bicyclic) bond motifs is 2. The van der Waals surface area contributed by atoms with E-state index in [0.29, 0.717) is 0 Å². The lowest BCUT2D eigenvalue weighted by Gasteiger charge is -2.45. The van der Waals surface area contributed by atoms with Crippen LogP contribution in [0.5, 0.6) is 0 Å². The molecule has 374 valence electrons. The molecule has 0 aromatic carbocycles. The van der Waals surface area contributed by atoms with Gasteiger partial charge in [-0.25, -0.2) is 0 Å². The normalized spacial score (nSPS) is 45.0. The van der Waals surface area contributed by atoms with Gasteiger partial charge in [0.25, 0.3) is 0 Å². The molecule has 3 aliphatic rings. The van der Waals surface area contributed by atoms with Crippen LogP contribution < -0.4 is 5.09 Å². The second kappa shape index (κ2) is 29.1. The molecule has 0 spiro atoms. The van der Waals surface area contributed by atoms with Crippen LogP contribution in [0.15, 0.2) is 85.1 Å². The number of cyclic esters (lactones) is 1. The summed E-state index contributed by atoms with van der Waals surface area (Å²) >= 11 is 0. The summed E-state index contributed by atoms with van der Waals surface area (Å²) in [5.74, 6) is -4.75. The van der Waals surface area contributed by atoms with Crippen molar-refractivity contribution in [1.82, 2.24) is 5.09 Å².